The van der Waals surface area contributed by atoms with Crippen molar-refractivity contribution in [3.63, 3.8) is 0 Å². The van der Waals surface area contributed by atoms with E-state index < -0.39 is 0 Å². The van der Waals surface area contributed by atoms with Crippen molar-refractivity contribution in [2.45, 2.75) is 25.3 Å². The standard InChI is InChI=1S/C10H15N3O/c14-7-3-9-2-1-6-13(9)10-8-11-4-5-12-10/h4-5,8-9,14H,1-3,6-7H2. The Hall–Kier alpha value is -1.16. The predicted molar refractivity (Wildman–Crippen MR) is 54.1 cm³/mol. The minimum absolute atomic E-state index is 0.251. The minimum Gasteiger partial charge on any atom is -0.396 e. The predicted octanol–water partition coefficient (Wildman–Crippen LogP) is 0.828. The molecule has 0 spiro atoms. The Morgan fingerprint density at radius 1 is 1.50 bits per heavy atom. The van der Waals surface area contributed by atoms with Crippen molar-refractivity contribution in [3.05, 3.63) is 18.6 Å². The van der Waals surface area contributed by atoms with Gasteiger partial charge >= 0.3 is 0 Å². The van der Waals surface area contributed by atoms with E-state index in [0.717, 1.165) is 25.2 Å². The van der Waals surface area contributed by atoms with Gasteiger partial charge in [0.1, 0.15) is 5.82 Å². The summed E-state index contributed by atoms with van der Waals surface area (Å²) in [4.78, 5) is 10.6. The highest BCUT2D eigenvalue weighted by atomic mass is 16.3. The van der Waals surface area contributed by atoms with E-state index in [1.807, 2.05) is 0 Å². The molecule has 1 aliphatic rings. The first-order chi connectivity index (χ1) is 6.92. The third-order valence-corrected chi connectivity index (χ3v) is 2.68. The molecule has 2 rings (SSSR count). The highest BCUT2D eigenvalue weighted by Crippen LogP contribution is 2.24. The average Bonchev–Trinajstić information content (AvgIpc) is 2.68. The summed E-state index contributed by atoms with van der Waals surface area (Å²) in [6.45, 7) is 1.28. The minimum atomic E-state index is 0.251. The van der Waals surface area contributed by atoms with Crippen LogP contribution in [0.3, 0.4) is 0 Å². The van der Waals surface area contributed by atoms with Crippen molar-refractivity contribution in [1.29, 1.82) is 0 Å². The van der Waals surface area contributed by atoms with Crippen molar-refractivity contribution in [2.75, 3.05) is 18.1 Å². The molecule has 76 valence electrons. The van der Waals surface area contributed by atoms with Crippen LogP contribution < -0.4 is 4.90 Å². The van der Waals surface area contributed by atoms with Gasteiger partial charge in [0, 0.05) is 31.6 Å². The van der Waals surface area contributed by atoms with Crippen molar-refractivity contribution >= 4 is 5.82 Å². The third-order valence-electron chi connectivity index (χ3n) is 2.68. The van der Waals surface area contributed by atoms with Crippen LogP contribution in [-0.4, -0.2) is 34.3 Å². The molecule has 0 saturated carbocycles. The summed E-state index contributed by atoms with van der Waals surface area (Å²) in [5.74, 6) is 0.934. The van der Waals surface area contributed by atoms with Gasteiger partial charge in [-0.1, -0.05) is 0 Å². The summed E-state index contributed by atoms with van der Waals surface area (Å²) < 4.78 is 0. The van der Waals surface area contributed by atoms with E-state index in [1.54, 1.807) is 18.6 Å². The fourth-order valence-electron chi connectivity index (χ4n) is 2.03. The van der Waals surface area contributed by atoms with Crippen molar-refractivity contribution in [1.82, 2.24) is 9.97 Å². The van der Waals surface area contributed by atoms with E-state index in [2.05, 4.69) is 14.9 Å². The molecule has 4 nitrogen and oxygen atoms in total. The molecular formula is C10H15N3O. The number of aromatic nitrogens is 2. The first-order valence-corrected chi connectivity index (χ1v) is 5.05. The maximum Gasteiger partial charge on any atom is 0.147 e. The highest BCUT2D eigenvalue weighted by molar-refractivity contribution is 5.38. The number of aliphatic hydroxyl groups excluding tert-OH is 1. The largest absolute Gasteiger partial charge is 0.396 e. The van der Waals surface area contributed by atoms with Crippen molar-refractivity contribution in [3.8, 4) is 0 Å². The molecule has 0 amide bonds. The Bertz CT molecular complexity index is 278. The fourth-order valence-corrected chi connectivity index (χ4v) is 2.03. The zero-order chi connectivity index (χ0) is 9.80. The van der Waals surface area contributed by atoms with Crippen LogP contribution in [0.25, 0.3) is 0 Å². The molecule has 0 aromatic carbocycles. The average molecular weight is 193 g/mol. The van der Waals surface area contributed by atoms with Gasteiger partial charge in [-0.15, -0.1) is 0 Å². The smallest absolute Gasteiger partial charge is 0.147 e. The second-order valence-electron chi connectivity index (χ2n) is 3.57. The van der Waals surface area contributed by atoms with Gasteiger partial charge in [0.15, 0.2) is 0 Å². The summed E-state index contributed by atoms with van der Waals surface area (Å²) in [6, 6.07) is 0.441. The summed E-state index contributed by atoms with van der Waals surface area (Å²) in [5, 5.41) is 8.93. The monoisotopic (exact) mass is 193 g/mol. The molecule has 1 unspecified atom stereocenters. The van der Waals surface area contributed by atoms with Gasteiger partial charge in [-0.25, -0.2) is 4.98 Å². The molecular weight excluding hydrogens is 178 g/mol. The van der Waals surface area contributed by atoms with Crippen LogP contribution in [0.2, 0.25) is 0 Å². The maximum absolute atomic E-state index is 8.93. The Kier molecular flexibility index (Phi) is 2.93. The Morgan fingerprint density at radius 3 is 3.14 bits per heavy atom. The summed E-state index contributed by atoms with van der Waals surface area (Å²) in [7, 11) is 0. The van der Waals surface area contributed by atoms with Crippen LogP contribution in [0.15, 0.2) is 18.6 Å². The Balaban J connectivity index is 2.10. The Morgan fingerprint density at radius 2 is 2.43 bits per heavy atom. The van der Waals surface area contributed by atoms with Crippen molar-refractivity contribution < 1.29 is 5.11 Å². The normalized spacial score (nSPS) is 21.5. The van der Waals surface area contributed by atoms with Crippen LogP contribution in [0, 0.1) is 0 Å². The highest BCUT2D eigenvalue weighted by Gasteiger charge is 2.24. The van der Waals surface area contributed by atoms with Gasteiger partial charge in [-0.3, -0.25) is 4.98 Å². The molecule has 0 radical (unpaired) electrons. The number of rotatable bonds is 3. The molecule has 1 N–H and O–H groups in total. The van der Waals surface area contributed by atoms with E-state index in [9.17, 15) is 0 Å². The van der Waals surface area contributed by atoms with Crippen LogP contribution in [0.1, 0.15) is 19.3 Å². The lowest BCUT2D eigenvalue weighted by Crippen LogP contribution is -2.30. The fraction of sp³-hybridized carbons (Fsp3) is 0.600. The molecule has 2 heterocycles. The zero-order valence-electron chi connectivity index (χ0n) is 8.13. The molecule has 0 aliphatic carbocycles. The topological polar surface area (TPSA) is 49.2 Å². The molecule has 1 aliphatic heterocycles. The van der Waals surface area contributed by atoms with Gasteiger partial charge in [0.25, 0.3) is 0 Å². The van der Waals surface area contributed by atoms with Gasteiger partial charge in [-0.2, -0.15) is 0 Å². The lowest BCUT2D eigenvalue weighted by Gasteiger charge is -2.24. The van der Waals surface area contributed by atoms with Crippen LogP contribution in [-0.2, 0) is 0 Å². The number of hydrogen-bond acceptors (Lipinski definition) is 4. The van der Waals surface area contributed by atoms with Gasteiger partial charge in [0.05, 0.1) is 6.20 Å². The van der Waals surface area contributed by atoms with Gasteiger partial charge < -0.3 is 10.0 Å². The first kappa shape index (κ1) is 9.40. The number of anilines is 1. The van der Waals surface area contributed by atoms with E-state index in [-0.39, 0.29) is 6.61 Å². The van der Waals surface area contributed by atoms with Crippen molar-refractivity contribution in [2.24, 2.45) is 0 Å². The maximum atomic E-state index is 8.93. The third kappa shape index (κ3) is 1.85. The number of aliphatic hydroxyl groups is 1. The second-order valence-corrected chi connectivity index (χ2v) is 3.57. The van der Waals surface area contributed by atoms with E-state index in [0.29, 0.717) is 6.04 Å². The SMILES string of the molecule is OCCC1CCCN1c1cnccn1. The number of nitrogens with zero attached hydrogens (tertiary/aromatic N) is 3. The van der Waals surface area contributed by atoms with E-state index >= 15 is 0 Å². The van der Waals surface area contributed by atoms with Crippen LogP contribution >= 0.6 is 0 Å². The van der Waals surface area contributed by atoms with Gasteiger partial charge in [0.2, 0.25) is 0 Å². The lowest BCUT2D eigenvalue weighted by atomic mass is 10.1. The summed E-state index contributed by atoms with van der Waals surface area (Å²) in [6.07, 6.45) is 8.34. The summed E-state index contributed by atoms with van der Waals surface area (Å²) >= 11 is 0. The zero-order valence-corrected chi connectivity index (χ0v) is 8.13. The van der Waals surface area contributed by atoms with Crippen LogP contribution in [0.5, 0.6) is 0 Å². The molecule has 1 atom stereocenters. The van der Waals surface area contributed by atoms with Gasteiger partial charge in [-0.05, 0) is 19.3 Å². The second kappa shape index (κ2) is 4.37. The molecule has 1 aromatic heterocycles. The quantitative estimate of drug-likeness (QED) is 0.772. The summed E-state index contributed by atoms with van der Waals surface area (Å²) in [5.41, 5.74) is 0. The molecule has 1 aromatic rings. The van der Waals surface area contributed by atoms with E-state index in [4.69, 9.17) is 5.11 Å². The molecule has 14 heavy (non-hydrogen) atoms. The lowest BCUT2D eigenvalue weighted by molar-refractivity contribution is 0.275. The first-order valence-electron chi connectivity index (χ1n) is 5.05. The number of hydrogen-bond donors (Lipinski definition) is 1. The van der Waals surface area contributed by atoms with E-state index in [1.165, 1.54) is 6.42 Å². The molecule has 4 heteroatoms. The molecule has 1 fully saturated rings. The molecule has 0 bridgehead atoms. The Labute approximate surface area is 83.6 Å². The molecule has 1 saturated heterocycles. The van der Waals surface area contributed by atoms with Crippen LogP contribution in [0.4, 0.5) is 5.82 Å².